The van der Waals surface area contributed by atoms with E-state index in [9.17, 15) is 4.79 Å². The predicted octanol–water partition coefficient (Wildman–Crippen LogP) is 2.84. The van der Waals surface area contributed by atoms with Crippen LogP contribution in [-0.4, -0.2) is 44.1 Å². The van der Waals surface area contributed by atoms with Gasteiger partial charge in [-0.15, -0.1) is 24.8 Å². The minimum absolute atomic E-state index is 0. The summed E-state index contributed by atoms with van der Waals surface area (Å²) in [4.78, 5) is 14.3. The summed E-state index contributed by atoms with van der Waals surface area (Å²) in [6.45, 7) is 5.53. The van der Waals surface area contributed by atoms with Crippen molar-refractivity contribution in [1.29, 1.82) is 0 Å². The second-order valence-electron chi connectivity index (χ2n) is 4.90. The third kappa shape index (κ3) is 6.48. The van der Waals surface area contributed by atoms with Crippen LogP contribution in [0.3, 0.4) is 0 Å². The molecule has 3 N–H and O–H groups in total. The molecule has 0 fully saturated rings. The second-order valence-corrected chi connectivity index (χ2v) is 5.31. The number of carbonyl (C=O) groups is 1. The zero-order valence-corrected chi connectivity index (χ0v) is 15.6. The number of nitrogens with zero attached hydrogens (tertiary/aromatic N) is 1. The Morgan fingerprint density at radius 2 is 2.00 bits per heavy atom. The number of carbonyl (C=O) groups excluding carboxylic acids is 1. The maximum atomic E-state index is 12.1. The molecule has 1 aromatic rings. The van der Waals surface area contributed by atoms with Crippen LogP contribution in [0, 0.1) is 0 Å². The highest BCUT2D eigenvalue weighted by Crippen LogP contribution is 2.28. The van der Waals surface area contributed by atoms with E-state index in [2.05, 4.69) is 24.1 Å². The average Bonchev–Trinajstić information content (AvgIpc) is 2.40. The number of methoxy groups -OCH3 is 1. The number of nitrogen functional groups attached to an aromatic ring is 1. The van der Waals surface area contributed by atoms with E-state index in [0.29, 0.717) is 34.6 Å². The number of likely N-dealkylation sites (N-methyl/N-ethyl adjacent to an activating group) is 1. The Balaban J connectivity index is 0. The molecule has 0 aliphatic heterocycles. The number of nitrogens with one attached hydrogen (secondary N) is 1. The van der Waals surface area contributed by atoms with Crippen LogP contribution >= 0.6 is 36.4 Å². The Labute approximate surface area is 149 Å². The molecule has 0 heterocycles. The van der Waals surface area contributed by atoms with Gasteiger partial charge in [-0.05, 0) is 27.0 Å². The van der Waals surface area contributed by atoms with Crippen molar-refractivity contribution >= 4 is 48.0 Å². The first-order valence-electron chi connectivity index (χ1n) is 6.48. The van der Waals surface area contributed by atoms with Crippen molar-refractivity contribution in [2.45, 2.75) is 19.9 Å². The maximum Gasteiger partial charge on any atom is 0.255 e. The average molecular weight is 373 g/mol. The molecule has 0 aromatic heterocycles. The molecule has 0 saturated heterocycles. The van der Waals surface area contributed by atoms with Gasteiger partial charge in [0.2, 0.25) is 0 Å². The Bertz CT molecular complexity index is 485. The molecule has 1 aromatic carbocycles. The molecule has 0 atom stereocenters. The fourth-order valence-corrected chi connectivity index (χ4v) is 1.78. The fraction of sp³-hybridized carbons (Fsp3) is 0.500. The van der Waals surface area contributed by atoms with Crippen molar-refractivity contribution in [3.63, 3.8) is 0 Å². The molecule has 22 heavy (non-hydrogen) atoms. The zero-order chi connectivity index (χ0) is 15.3. The van der Waals surface area contributed by atoms with Gasteiger partial charge >= 0.3 is 0 Å². The van der Waals surface area contributed by atoms with Crippen LogP contribution < -0.4 is 15.8 Å². The van der Waals surface area contributed by atoms with Crippen LogP contribution in [0.2, 0.25) is 5.02 Å². The van der Waals surface area contributed by atoms with Gasteiger partial charge in [0.25, 0.3) is 5.91 Å². The number of ether oxygens (including phenoxy) is 1. The summed E-state index contributed by atoms with van der Waals surface area (Å²) in [7, 11) is 3.50. The van der Waals surface area contributed by atoms with Crippen LogP contribution in [0.5, 0.6) is 5.75 Å². The molecule has 5 nitrogen and oxygen atoms in total. The SMILES string of the molecule is COc1cc(N)c(Cl)cc1C(=O)NCCN(C)C(C)C.Cl.Cl. The Morgan fingerprint density at radius 1 is 1.41 bits per heavy atom. The number of nitrogens with two attached hydrogens (primary N) is 1. The smallest absolute Gasteiger partial charge is 0.255 e. The minimum Gasteiger partial charge on any atom is -0.496 e. The van der Waals surface area contributed by atoms with Crippen LogP contribution in [0.15, 0.2) is 12.1 Å². The van der Waals surface area contributed by atoms with E-state index in [1.807, 2.05) is 7.05 Å². The van der Waals surface area contributed by atoms with Gasteiger partial charge in [-0.2, -0.15) is 0 Å². The van der Waals surface area contributed by atoms with Crippen molar-refractivity contribution < 1.29 is 9.53 Å². The Morgan fingerprint density at radius 3 is 2.50 bits per heavy atom. The first-order valence-corrected chi connectivity index (χ1v) is 6.86. The molecular formula is C14H24Cl3N3O2. The van der Waals surface area contributed by atoms with Gasteiger partial charge in [-0.3, -0.25) is 4.79 Å². The Hall–Kier alpha value is -0.880. The lowest BCUT2D eigenvalue weighted by Crippen LogP contribution is -2.36. The highest BCUT2D eigenvalue weighted by molar-refractivity contribution is 6.33. The lowest BCUT2D eigenvalue weighted by molar-refractivity contribution is 0.0945. The molecule has 0 saturated carbocycles. The van der Waals surface area contributed by atoms with E-state index in [-0.39, 0.29) is 30.7 Å². The number of rotatable bonds is 6. The second kappa shape index (κ2) is 10.8. The number of hydrogen-bond acceptors (Lipinski definition) is 4. The van der Waals surface area contributed by atoms with Crippen molar-refractivity contribution in [1.82, 2.24) is 10.2 Å². The van der Waals surface area contributed by atoms with Crippen LogP contribution in [0.4, 0.5) is 5.69 Å². The molecule has 0 spiro atoms. The van der Waals surface area contributed by atoms with Gasteiger partial charge < -0.3 is 20.7 Å². The minimum atomic E-state index is -0.221. The molecule has 0 bridgehead atoms. The van der Waals surface area contributed by atoms with E-state index in [1.165, 1.54) is 13.2 Å². The summed E-state index contributed by atoms with van der Waals surface area (Å²) in [5.74, 6) is 0.197. The first-order chi connectivity index (χ1) is 9.36. The van der Waals surface area contributed by atoms with Gasteiger partial charge in [0.05, 0.1) is 23.4 Å². The highest BCUT2D eigenvalue weighted by atomic mass is 35.5. The number of anilines is 1. The fourth-order valence-electron chi connectivity index (χ4n) is 1.61. The third-order valence-electron chi connectivity index (χ3n) is 3.20. The van der Waals surface area contributed by atoms with Gasteiger partial charge in [0, 0.05) is 25.2 Å². The third-order valence-corrected chi connectivity index (χ3v) is 3.52. The van der Waals surface area contributed by atoms with Crippen LogP contribution in [-0.2, 0) is 0 Å². The van der Waals surface area contributed by atoms with Crippen LogP contribution in [0.1, 0.15) is 24.2 Å². The summed E-state index contributed by atoms with van der Waals surface area (Å²) in [5, 5.41) is 3.19. The molecule has 0 radical (unpaired) electrons. The van der Waals surface area contributed by atoms with Gasteiger partial charge in [0.15, 0.2) is 0 Å². The van der Waals surface area contributed by atoms with Crippen molar-refractivity contribution in [3.05, 3.63) is 22.7 Å². The van der Waals surface area contributed by atoms with E-state index >= 15 is 0 Å². The molecule has 0 aliphatic carbocycles. The molecule has 0 aliphatic rings. The number of hydrogen-bond donors (Lipinski definition) is 2. The summed E-state index contributed by atoms with van der Waals surface area (Å²) in [5.41, 5.74) is 6.46. The Kier molecular flexibility index (Phi) is 11.5. The normalized spacial score (nSPS) is 9.95. The van der Waals surface area contributed by atoms with E-state index in [4.69, 9.17) is 22.1 Å². The molecule has 8 heteroatoms. The predicted molar refractivity (Wildman–Crippen MR) is 97.0 cm³/mol. The largest absolute Gasteiger partial charge is 0.496 e. The van der Waals surface area contributed by atoms with Crippen LogP contribution in [0.25, 0.3) is 0 Å². The van der Waals surface area contributed by atoms with E-state index in [0.717, 1.165) is 6.54 Å². The first kappa shape index (κ1) is 23.4. The summed E-state index contributed by atoms with van der Waals surface area (Å²) in [6, 6.07) is 3.52. The summed E-state index contributed by atoms with van der Waals surface area (Å²) >= 11 is 5.94. The monoisotopic (exact) mass is 371 g/mol. The lowest BCUT2D eigenvalue weighted by Gasteiger charge is -2.21. The lowest BCUT2D eigenvalue weighted by atomic mass is 10.1. The van der Waals surface area contributed by atoms with Crippen molar-refractivity contribution in [3.8, 4) is 5.75 Å². The van der Waals surface area contributed by atoms with E-state index < -0.39 is 0 Å². The van der Waals surface area contributed by atoms with Crippen molar-refractivity contribution in [2.24, 2.45) is 0 Å². The molecule has 1 rings (SSSR count). The molecule has 128 valence electrons. The molecule has 0 unspecified atom stereocenters. The maximum absolute atomic E-state index is 12.1. The zero-order valence-electron chi connectivity index (χ0n) is 13.2. The number of amides is 1. The standard InChI is InChI=1S/C14H22ClN3O2.2ClH/c1-9(2)18(3)6-5-17-14(19)10-7-11(15)12(16)8-13(10)20-4;;/h7-9H,5-6,16H2,1-4H3,(H,17,19);2*1H. The van der Waals surface area contributed by atoms with Gasteiger partial charge in [-0.25, -0.2) is 0 Å². The summed E-state index contributed by atoms with van der Waals surface area (Å²) < 4.78 is 5.16. The summed E-state index contributed by atoms with van der Waals surface area (Å²) in [6.07, 6.45) is 0. The number of halogens is 3. The van der Waals surface area contributed by atoms with Crippen molar-refractivity contribution in [2.75, 3.05) is 33.0 Å². The molecule has 1 amide bonds. The molecular weight excluding hydrogens is 349 g/mol. The number of benzene rings is 1. The quantitative estimate of drug-likeness (QED) is 0.754. The van der Waals surface area contributed by atoms with E-state index in [1.54, 1.807) is 6.07 Å². The highest BCUT2D eigenvalue weighted by Gasteiger charge is 2.15. The van der Waals surface area contributed by atoms with Gasteiger partial charge in [0.1, 0.15) is 5.75 Å². The van der Waals surface area contributed by atoms with Gasteiger partial charge in [-0.1, -0.05) is 11.6 Å². The topological polar surface area (TPSA) is 67.6 Å².